The average molecular weight is 326 g/mol. The third-order valence-corrected chi connectivity index (χ3v) is 4.66. The molecule has 0 fully saturated rings. The van der Waals surface area contributed by atoms with E-state index in [0.717, 1.165) is 32.8 Å². The van der Waals surface area contributed by atoms with Crippen molar-refractivity contribution >= 4 is 45.3 Å². The number of rotatable bonds is 3. The van der Waals surface area contributed by atoms with Gasteiger partial charge in [0.2, 0.25) is 0 Å². The Labute approximate surface area is 136 Å². The van der Waals surface area contributed by atoms with Gasteiger partial charge in [0.25, 0.3) is 0 Å². The molecule has 0 saturated carbocycles. The maximum absolute atomic E-state index is 6.00. The predicted molar refractivity (Wildman–Crippen MR) is 92.4 cm³/mol. The molecule has 0 aliphatic heterocycles. The number of para-hydroxylation sites is 1. The lowest BCUT2D eigenvalue weighted by atomic mass is 10.1. The number of aromatic nitrogens is 3. The lowest BCUT2D eigenvalue weighted by Crippen LogP contribution is -1.87. The summed E-state index contributed by atoms with van der Waals surface area (Å²) in [5.41, 5.74) is 4.16. The minimum absolute atomic E-state index is 0.714. The lowest BCUT2D eigenvalue weighted by molar-refractivity contribution is 1.08. The Morgan fingerprint density at radius 2 is 2.00 bits per heavy atom. The molecule has 2 aromatic carbocycles. The van der Waals surface area contributed by atoms with Gasteiger partial charge in [-0.25, -0.2) is 4.98 Å². The third kappa shape index (κ3) is 2.56. The first-order chi connectivity index (χ1) is 10.8. The van der Waals surface area contributed by atoms with Gasteiger partial charge in [-0.2, -0.15) is 0 Å². The second-order valence-electron chi connectivity index (χ2n) is 4.98. The standard InChI is InChI=1S/C17H12ClN3S/c18-13-6-7-14-15(9-13)21-17(20-14)22-10-12-4-1-3-11-5-2-8-19-16(11)12/h1-9H,10H2,(H,20,21). The first-order valence-electron chi connectivity index (χ1n) is 6.90. The molecule has 1 N–H and O–H groups in total. The van der Waals surface area contributed by atoms with Gasteiger partial charge < -0.3 is 4.98 Å². The first kappa shape index (κ1) is 13.6. The number of halogens is 1. The van der Waals surface area contributed by atoms with Crippen molar-refractivity contribution in [2.45, 2.75) is 10.9 Å². The highest BCUT2D eigenvalue weighted by Crippen LogP contribution is 2.27. The summed E-state index contributed by atoms with van der Waals surface area (Å²) in [5.74, 6) is 0.821. The van der Waals surface area contributed by atoms with Crippen LogP contribution in [-0.2, 0) is 5.75 Å². The van der Waals surface area contributed by atoms with Gasteiger partial charge in [-0.15, -0.1) is 0 Å². The normalized spacial score (nSPS) is 11.3. The fourth-order valence-corrected chi connectivity index (χ4v) is 3.50. The maximum atomic E-state index is 6.00. The van der Waals surface area contributed by atoms with Gasteiger partial charge in [0.15, 0.2) is 5.16 Å². The average Bonchev–Trinajstić information content (AvgIpc) is 2.95. The molecule has 0 aliphatic rings. The van der Waals surface area contributed by atoms with Gasteiger partial charge in [0.05, 0.1) is 16.6 Å². The second kappa shape index (κ2) is 5.63. The SMILES string of the molecule is Clc1ccc2nc(SCc3cccc4cccnc34)[nH]c2c1. The van der Waals surface area contributed by atoms with E-state index in [2.05, 4.69) is 39.2 Å². The Morgan fingerprint density at radius 3 is 2.95 bits per heavy atom. The molecule has 22 heavy (non-hydrogen) atoms. The number of aromatic amines is 1. The number of hydrogen-bond donors (Lipinski definition) is 1. The molecular weight excluding hydrogens is 314 g/mol. The van der Waals surface area contributed by atoms with E-state index in [0.29, 0.717) is 5.02 Å². The zero-order valence-corrected chi connectivity index (χ0v) is 13.2. The van der Waals surface area contributed by atoms with Crippen LogP contribution in [0.1, 0.15) is 5.56 Å². The van der Waals surface area contributed by atoms with E-state index in [4.69, 9.17) is 11.6 Å². The summed E-state index contributed by atoms with van der Waals surface area (Å²) in [5, 5.41) is 2.77. The highest BCUT2D eigenvalue weighted by molar-refractivity contribution is 7.98. The summed E-state index contributed by atoms with van der Waals surface area (Å²) in [6.45, 7) is 0. The largest absolute Gasteiger partial charge is 0.333 e. The van der Waals surface area contributed by atoms with Crippen LogP contribution in [-0.4, -0.2) is 15.0 Å². The summed E-state index contributed by atoms with van der Waals surface area (Å²) in [6.07, 6.45) is 1.83. The Balaban J connectivity index is 1.62. The Bertz CT molecular complexity index is 959. The van der Waals surface area contributed by atoms with E-state index in [1.807, 2.05) is 30.5 Å². The zero-order valence-electron chi connectivity index (χ0n) is 11.6. The molecule has 0 atom stereocenters. The van der Waals surface area contributed by atoms with Gasteiger partial charge in [-0.3, -0.25) is 4.98 Å². The van der Waals surface area contributed by atoms with Crippen molar-refractivity contribution in [1.82, 2.24) is 15.0 Å². The van der Waals surface area contributed by atoms with E-state index < -0.39 is 0 Å². The molecular formula is C17H12ClN3S. The molecule has 0 bridgehead atoms. The van der Waals surface area contributed by atoms with Crippen LogP contribution in [0.4, 0.5) is 0 Å². The maximum Gasteiger partial charge on any atom is 0.166 e. The number of nitrogens with zero attached hydrogens (tertiary/aromatic N) is 2. The summed E-state index contributed by atoms with van der Waals surface area (Å²) < 4.78 is 0. The Kier molecular flexibility index (Phi) is 3.48. The van der Waals surface area contributed by atoms with Gasteiger partial charge in [0, 0.05) is 22.4 Å². The summed E-state index contributed by atoms with van der Waals surface area (Å²) in [6, 6.07) is 16.0. The number of thioether (sulfide) groups is 1. The van der Waals surface area contributed by atoms with Crippen molar-refractivity contribution in [2.75, 3.05) is 0 Å². The van der Waals surface area contributed by atoms with Crippen molar-refractivity contribution in [3.63, 3.8) is 0 Å². The van der Waals surface area contributed by atoms with Crippen LogP contribution in [0.25, 0.3) is 21.9 Å². The van der Waals surface area contributed by atoms with E-state index in [9.17, 15) is 0 Å². The van der Waals surface area contributed by atoms with Crippen molar-refractivity contribution in [2.24, 2.45) is 0 Å². The summed E-state index contributed by atoms with van der Waals surface area (Å²) in [7, 11) is 0. The van der Waals surface area contributed by atoms with Crippen LogP contribution >= 0.6 is 23.4 Å². The molecule has 4 rings (SSSR count). The minimum Gasteiger partial charge on any atom is -0.333 e. The van der Waals surface area contributed by atoms with E-state index in [1.165, 1.54) is 5.56 Å². The molecule has 3 nitrogen and oxygen atoms in total. The smallest absolute Gasteiger partial charge is 0.166 e. The molecule has 0 saturated heterocycles. The quantitative estimate of drug-likeness (QED) is 0.535. The molecule has 108 valence electrons. The number of hydrogen-bond acceptors (Lipinski definition) is 3. The van der Waals surface area contributed by atoms with Crippen LogP contribution in [0.2, 0.25) is 5.02 Å². The first-order valence-corrected chi connectivity index (χ1v) is 8.27. The topological polar surface area (TPSA) is 41.6 Å². The molecule has 4 aromatic rings. The van der Waals surface area contributed by atoms with Crippen molar-refractivity contribution < 1.29 is 0 Å². The summed E-state index contributed by atoms with van der Waals surface area (Å²) in [4.78, 5) is 12.4. The van der Waals surface area contributed by atoms with Crippen LogP contribution in [0.5, 0.6) is 0 Å². The molecule has 0 amide bonds. The fourth-order valence-electron chi connectivity index (χ4n) is 2.46. The number of pyridine rings is 1. The molecule has 2 heterocycles. The van der Waals surface area contributed by atoms with Gasteiger partial charge >= 0.3 is 0 Å². The van der Waals surface area contributed by atoms with Gasteiger partial charge in [0.1, 0.15) is 0 Å². The van der Waals surface area contributed by atoms with E-state index >= 15 is 0 Å². The third-order valence-electron chi connectivity index (χ3n) is 3.50. The fraction of sp³-hybridized carbons (Fsp3) is 0.0588. The number of imidazole rings is 1. The van der Waals surface area contributed by atoms with E-state index in [1.54, 1.807) is 11.8 Å². The molecule has 0 radical (unpaired) electrons. The number of fused-ring (bicyclic) bond motifs is 2. The molecule has 0 aliphatic carbocycles. The monoisotopic (exact) mass is 325 g/mol. The number of benzene rings is 2. The summed E-state index contributed by atoms with van der Waals surface area (Å²) >= 11 is 7.67. The van der Waals surface area contributed by atoms with E-state index in [-0.39, 0.29) is 0 Å². The molecule has 2 aromatic heterocycles. The number of nitrogens with one attached hydrogen (secondary N) is 1. The van der Waals surface area contributed by atoms with Gasteiger partial charge in [-0.1, -0.05) is 47.6 Å². The highest BCUT2D eigenvalue weighted by Gasteiger charge is 2.06. The van der Waals surface area contributed by atoms with Crippen molar-refractivity contribution in [3.8, 4) is 0 Å². The molecule has 5 heteroatoms. The predicted octanol–water partition coefficient (Wildman–Crippen LogP) is 5.06. The number of H-pyrrole nitrogens is 1. The van der Waals surface area contributed by atoms with Crippen LogP contribution in [0, 0.1) is 0 Å². The molecule has 0 unspecified atom stereocenters. The minimum atomic E-state index is 0.714. The Hall–Kier alpha value is -2.04. The van der Waals surface area contributed by atoms with Crippen molar-refractivity contribution in [3.05, 3.63) is 65.3 Å². The van der Waals surface area contributed by atoms with Crippen LogP contribution in [0.15, 0.2) is 59.9 Å². The van der Waals surface area contributed by atoms with Crippen molar-refractivity contribution in [1.29, 1.82) is 0 Å². The second-order valence-corrected chi connectivity index (χ2v) is 6.38. The van der Waals surface area contributed by atoms with Crippen LogP contribution < -0.4 is 0 Å². The Morgan fingerprint density at radius 1 is 1.09 bits per heavy atom. The van der Waals surface area contributed by atoms with Gasteiger partial charge in [-0.05, 0) is 29.8 Å². The zero-order chi connectivity index (χ0) is 14.9. The highest BCUT2D eigenvalue weighted by atomic mass is 35.5. The lowest BCUT2D eigenvalue weighted by Gasteiger charge is -2.03. The van der Waals surface area contributed by atoms with Crippen LogP contribution in [0.3, 0.4) is 0 Å². The molecule has 0 spiro atoms.